The molecule has 144 valence electrons. The standard InChI is InChI=1S/C22H22FN3O2/c1-15(2)28-19-10-8-18(9-11-19)26-22(27)17-7-12-21(25-14-17)24-13-16-5-3-4-6-20(16)23/h3-12,14-15H,13H2,1-2H3,(H,24,25)(H,26,27). The van der Waals surface area contributed by atoms with Crippen LogP contribution in [0.25, 0.3) is 0 Å². The van der Waals surface area contributed by atoms with Crippen LogP contribution in [-0.4, -0.2) is 17.0 Å². The molecule has 6 heteroatoms. The van der Waals surface area contributed by atoms with Crippen molar-refractivity contribution in [3.63, 3.8) is 0 Å². The van der Waals surface area contributed by atoms with Crippen molar-refractivity contribution in [3.05, 3.63) is 83.8 Å². The molecule has 0 unspecified atom stereocenters. The van der Waals surface area contributed by atoms with Crippen LogP contribution in [0.5, 0.6) is 5.75 Å². The van der Waals surface area contributed by atoms with Crippen LogP contribution in [0.1, 0.15) is 29.8 Å². The van der Waals surface area contributed by atoms with Crippen molar-refractivity contribution in [2.24, 2.45) is 0 Å². The second-order valence-electron chi connectivity index (χ2n) is 6.52. The fourth-order valence-corrected chi connectivity index (χ4v) is 2.55. The monoisotopic (exact) mass is 379 g/mol. The summed E-state index contributed by atoms with van der Waals surface area (Å²) in [5.74, 6) is 0.788. The van der Waals surface area contributed by atoms with E-state index in [-0.39, 0.29) is 17.8 Å². The van der Waals surface area contributed by atoms with Gasteiger partial charge in [-0.3, -0.25) is 4.79 Å². The van der Waals surface area contributed by atoms with Gasteiger partial charge < -0.3 is 15.4 Å². The predicted octanol–water partition coefficient (Wildman–Crippen LogP) is 4.87. The summed E-state index contributed by atoms with van der Waals surface area (Å²) in [5, 5.41) is 5.86. The summed E-state index contributed by atoms with van der Waals surface area (Å²) in [6, 6.07) is 17.1. The third-order valence-electron chi connectivity index (χ3n) is 3.93. The van der Waals surface area contributed by atoms with Crippen molar-refractivity contribution in [1.29, 1.82) is 0 Å². The summed E-state index contributed by atoms with van der Waals surface area (Å²) in [6.07, 6.45) is 1.58. The topological polar surface area (TPSA) is 63.2 Å². The van der Waals surface area contributed by atoms with Crippen LogP contribution in [0.3, 0.4) is 0 Å². The zero-order valence-electron chi connectivity index (χ0n) is 15.8. The van der Waals surface area contributed by atoms with E-state index in [0.717, 1.165) is 5.75 Å². The quantitative estimate of drug-likeness (QED) is 0.615. The lowest BCUT2D eigenvalue weighted by Crippen LogP contribution is -2.13. The Kier molecular flexibility index (Phi) is 6.22. The van der Waals surface area contributed by atoms with Crippen LogP contribution in [0.2, 0.25) is 0 Å². The molecule has 0 aliphatic carbocycles. The first-order valence-electron chi connectivity index (χ1n) is 9.02. The summed E-state index contributed by atoms with van der Waals surface area (Å²) < 4.78 is 19.2. The van der Waals surface area contributed by atoms with Crippen molar-refractivity contribution in [2.75, 3.05) is 10.6 Å². The Labute approximate surface area is 163 Å². The van der Waals surface area contributed by atoms with Crippen LogP contribution in [0, 0.1) is 5.82 Å². The third-order valence-corrected chi connectivity index (χ3v) is 3.93. The van der Waals surface area contributed by atoms with Crippen molar-refractivity contribution in [2.45, 2.75) is 26.5 Å². The van der Waals surface area contributed by atoms with Gasteiger partial charge >= 0.3 is 0 Å². The summed E-state index contributed by atoms with van der Waals surface area (Å²) >= 11 is 0. The zero-order valence-corrected chi connectivity index (χ0v) is 15.8. The molecule has 5 nitrogen and oxygen atoms in total. The van der Waals surface area contributed by atoms with Crippen LogP contribution in [0.4, 0.5) is 15.9 Å². The van der Waals surface area contributed by atoms with Gasteiger partial charge in [-0.05, 0) is 56.3 Å². The molecule has 3 rings (SSSR count). The van der Waals surface area contributed by atoms with E-state index in [2.05, 4.69) is 15.6 Å². The number of nitrogens with zero attached hydrogens (tertiary/aromatic N) is 1. The fourth-order valence-electron chi connectivity index (χ4n) is 2.55. The van der Waals surface area contributed by atoms with Crippen LogP contribution in [0.15, 0.2) is 66.9 Å². The van der Waals surface area contributed by atoms with Gasteiger partial charge in [0.25, 0.3) is 5.91 Å². The minimum absolute atomic E-state index is 0.0945. The molecule has 0 atom stereocenters. The second-order valence-corrected chi connectivity index (χ2v) is 6.52. The third kappa shape index (κ3) is 5.30. The second kappa shape index (κ2) is 8.99. The first kappa shape index (κ1) is 19.4. The summed E-state index contributed by atoms with van der Waals surface area (Å²) in [7, 11) is 0. The maximum absolute atomic E-state index is 13.6. The first-order chi connectivity index (χ1) is 13.5. The highest BCUT2D eigenvalue weighted by molar-refractivity contribution is 6.04. The van der Waals surface area contributed by atoms with Gasteiger partial charge in [0.15, 0.2) is 0 Å². The molecule has 0 aliphatic rings. The number of benzene rings is 2. The van der Waals surface area contributed by atoms with Gasteiger partial charge in [0.05, 0.1) is 11.7 Å². The van der Waals surface area contributed by atoms with E-state index in [1.54, 1.807) is 42.5 Å². The highest BCUT2D eigenvalue weighted by atomic mass is 19.1. The lowest BCUT2D eigenvalue weighted by Gasteiger charge is -2.11. The lowest BCUT2D eigenvalue weighted by molar-refractivity contribution is 0.102. The number of aromatic nitrogens is 1. The number of ether oxygens (including phenoxy) is 1. The summed E-state index contributed by atoms with van der Waals surface area (Å²) in [6.45, 7) is 4.23. The molecule has 0 radical (unpaired) electrons. The smallest absolute Gasteiger partial charge is 0.257 e. The Morgan fingerprint density at radius 3 is 2.46 bits per heavy atom. The van der Waals surface area contributed by atoms with E-state index in [1.165, 1.54) is 12.3 Å². The number of rotatable bonds is 7. The van der Waals surface area contributed by atoms with Crippen molar-refractivity contribution in [1.82, 2.24) is 4.98 Å². The van der Waals surface area contributed by atoms with E-state index >= 15 is 0 Å². The predicted molar refractivity (Wildman–Crippen MR) is 108 cm³/mol. The van der Waals surface area contributed by atoms with Crippen molar-refractivity contribution in [3.8, 4) is 5.75 Å². The van der Waals surface area contributed by atoms with Crippen LogP contribution < -0.4 is 15.4 Å². The maximum Gasteiger partial charge on any atom is 0.257 e. The van der Waals surface area contributed by atoms with Gasteiger partial charge in [-0.15, -0.1) is 0 Å². The van der Waals surface area contributed by atoms with Gasteiger partial charge in [-0.25, -0.2) is 9.37 Å². The van der Waals surface area contributed by atoms with Gasteiger partial charge in [0.2, 0.25) is 0 Å². The molecule has 1 amide bonds. The number of amides is 1. The largest absolute Gasteiger partial charge is 0.491 e. The number of hydrogen-bond acceptors (Lipinski definition) is 4. The normalized spacial score (nSPS) is 10.6. The minimum Gasteiger partial charge on any atom is -0.491 e. The van der Waals surface area contributed by atoms with Crippen LogP contribution in [-0.2, 0) is 6.54 Å². The molecule has 3 aromatic rings. The maximum atomic E-state index is 13.6. The molecule has 0 aliphatic heterocycles. The number of carbonyl (C=O) groups excluding carboxylic acids is 1. The molecule has 0 fully saturated rings. The highest BCUT2D eigenvalue weighted by Gasteiger charge is 2.08. The molecule has 1 heterocycles. The Morgan fingerprint density at radius 2 is 1.82 bits per heavy atom. The summed E-state index contributed by atoms with van der Waals surface area (Å²) in [4.78, 5) is 16.6. The number of halogens is 1. The number of nitrogens with one attached hydrogen (secondary N) is 2. The first-order valence-corrected chi connectivity index (χ1v) is 9.02. The molecule has 2 aromatic carbocycles. The number of anilines is 2. The molecule has 0 bridgehead atoms. The molecule has 0 spiro atoms. The number of pyridine rings is 1. The molecule has 28 heavy (non-hydrogen) atoms. The zero-order chi connectivity index (χ0) is 19.9. The molecular formula is C22H22FN3O2. The van der Waals surface area contributed by atoms with Gasteiger partial charge in [-0.1, -0.05) is 18.2 Å². The van der Waals surface area contributed by atoms with Crippen LogP contribution >= 0.6 is 0 Å². The van der Waals surface area contributed by atoms with Crippen molar-refractivity contribution >= 4 is 17.4 Å². The summed E-state index contributed by atoms with van der Waals surface area (Å²) in [5.41, 5.74) is 1.65. The van der Waals surface area contributed by atoms with E-state index in [9.17, 15) is 9.18 Å². The minimum atomic E-state index is -0.268. The van der Waals surface area contributed by atoms with E-state index in [4.69, 9.17) is 4.74 Å². The van der Waals surface area contributed by atoms with Gasteiger partial charge in [0, 0.05) is 24.0 Å². The Hall–Kier alpha value is -3.41. The number of carbonyl (C=O) groups is 1. The SMILES string of the molecule is CC(C)Oc1ccc(NC(=O)c2ccc(NCc3ccccc3F)nc2)cc1. The molecule has 0 saturated heterocycles. The van der Waals surface area contributed by atoms with E-state index < -0.39 is 0 Å². The van der Waals surface area contributed by atoms with E-state index in [1.807, 2.05) is 26.0 Å². The highest BCUT2D eigenvalue weighted by Crippen LogP contribution is 2.18. The molecule has 0 saturated carbocycles. The Morgan fingerprint density at radius 1 is 1.07 bits per heavy atom. The molecule has 1 aromatic heterocycles. The lowest BCUT2D eigenvalue weighted by atomic mass is 10.2. The van der Waals surface area contributed by atoms with Crippen molar-refractivity contribution < 1.29 is 13.9 Å². The van der Waals surface area contributed by atoms with Gasteiger partial charge in [0.1, 0.15) is 17.4 Å². The average molecular weight is 379 g/mol. The Bertz CT molecular complexity index is 925. The Balaban J connectivity index is 1.56. The van der Waals surface area contributed by atoms with E-state index in [0.29, 0.717) is 29.2 Å². The molecular weight excluding hydrogens is 357 g/mol. The average Bonchev–Trinajstić information content (AvgIpc) is 2.69. The molecule has 2 N–H and O–H groups in total. The number of hydrogen-bond donors (Lipinski definition) is 2. The fraction of sp³-hybridized carbons (Fsp3) is 0.182. The van der Waals surface area contributed by atoms with Gasteiger partial charge in [-0.2, -0.15) is 0 Å².